The zero-order valence-electron chi connectivity index (χ0n) is 19.2. The average Bonchev–Trinajstić information content (AvgIpc) is 3.03. The Morgan fingerprint density at radius 3 is 2.53 bits per heavy atom. The maximum absolute atomic E-state index is 13.0. The van der Waals surface area contributed by atoms with Crippen molar-refractivity contribution in [3.63, 3.8) is 0 Å². The normalized spacial score (nSPS) is 19.5. The number of aliphatic hydroxyl groups excluding tert-OH is 1. The molecule has 3 atom stereocenters. The lowest BCUT2D eigenvalue weighted by Crippen LogP contribution is -2.45. The highest BCUT2D eigenvalue weighted by molar-refractivity contribution is 6.74. The maximum Gasteiger partial charge on any atom is 0.416 e. The highest BCUT2D eigenvalue weighted by Crippen LogP contribution is 2.36. The summed E-state index contributed by atoms with van der Waals surface area (Å²) in [6.07, 6.45) is 0.214. The van der Waals surface area contributed by atoms with Gasteiger partial charge in [0.25, 0.3) is 0 Å². The summed E-state index contributed by atoms with van der Waals surface area (Å²) in [6, 6.07) is 9.37. The van der Waals surface area contributed by atoms with Crippen molar-refractivity contribution in [3.05, 3.63) is 35.9 Å². The van der Waals surface area contributed by atoms with Crippen LogP contribution >= 0.6 is 0 Å². The standard InChI is InChI=1S/C23H37NO5Si/c1-17(20(25)13-10-14-29-30(5,6)23(2,3)4)21(26)24-19(16-28-22(24)27)15-18-11-8-7-9-12-18/h7-9,11-12,17,19-20,25H,10,13-16H2,1-6H3/t17-,19-,20+/m0/s1. The molecule has 6 nitrogen and oxygen atoms in total. The van der Waals surface area contributed by atoms with Gasteiger partial charge < -0.3 is 14.3 Å². The van der Waals surface area contributed by atoms with Gasteiger partial charge in [-0.1, -0.05) is 58.0 Å². The number of imide groups is 1. The molecule has 1 aromatic carbocycles. The number of benzene rings is 1. The van der Waals surface area contributed by atoms with Crippen molar-refractivity contribution < 1.29 is 23.9 Å². The van der Waals surface area contributed by atoms with E-state index in [2.05, 4.69) is 33.9 Å². The van der Waals surface area contributed by atoms with E-state index in [1.807, 2.05) is 30.3 Å². The molecule has 0 aromatic heterocycles. The summed E-state index contributed by atoms with van der Waals surface area (Å²) in [6.45, 7) is 13.4. The van der Waals surface area contributed by atoms with Crippen molar-refractivity contribution in [3.8, 4) is 0 Å². The Bertz CT molecular complexity index is 716. The molecule has 1 N–H and O–H groups in total. The van der Waals surface area contributed by atoms with Crippen LogP contribution in [-0.4, -0.2) is 55.7 Å². The van der Waals surface area contributed by atoms with Gasteiger partial charge >= 0.3 is 6.09 Å². The number of carbonyl (C=O) groups is 2. The van der Waals surface area contributed by atoms with Crippen LogP contribution in [0.1, 0.15) is 46.1 Å². The van der Waals surface area contributed by atoms with E-state index in [1.54, 1.807) is 6.92 Å². The Hall–Kier alpha value is -1.70. The van der Waals surface area contributed by atoms with Crippen LogP contribution < -0.4 is 0 Å². The van der Waals surface area contributed by atoms with Crippen LogP contribution in [0.15, 0.2) is 30.3 Å². The molecule has 0 radical (unpaired) electrons. The lowest BCUT2D eigenvalue weighted by molar-refractivity contribution is -0.136. The lowest BCUT2D eigenvalue weighted by atomic mass is 9.97. The number of rotatable bonds is 9. The smallest absolute Gasteiger partial charge is 0.416 e. The Balaban J connectivity index is 1.89. The Morgan fingerprint density at radius 1 is 1.30 bits per heavy atom. The number of cyclic esters (lactones) is 1. The first-order valence-corrected chi connectivity index (χ1v) is 13.7. The molecule has 1 fully saturated rings. The van der Waals surface area contributed by atoms with Gasteiger partial charge in [0.05, 0.1) is 18.1 Å². The van der Waals surface area contributed by atoms with Crippen molar-refractivity contribution in [1.29, 1.82) is 0 Å². The summed E-state index contributed by atoms with van der Waals surface area (Å²) in [7, 11) is -1.82. The summed E-state index contributed by atoms with van der Waals surface area (Å²) >= 11 is 0. The summed E-state index contributed by atoms with van der Waals surface area (Å²) < 4.78 is 11.3. The van der Waals surface area contributed by atoms with E-state index in [1.165, 1.54) is 4.90 Å². The Kier molecular flexibility index (Phi) is 8.25. The molecule has 2 rings (SSSR count). The molecule has 1 aliphatic heterocycles. The second-order valence-corrected chi connectivity index (χ2v) is 14.5. The van der Waals surface area contributed by atoms with Gasteiger partial charge in [0.15, 0.2) is 8.32 Å². The van der Waals surface area contributed by atoms with Gasteiger partial charge in [0.1, 0.15) is 6.61 Å². The van der Waals surface area contributed by atoms with Gasteiger partial charge in [-0.05, 0) is 43.0 Å². The Labute approximate surface area is 181 Å². The molecule has 7 heteroatoms. The quantitative estimate of drug-likeness (QED) is 0.460. The fourth-order valence-electron chi connectivity index (χ4n) is 3.24. The van der Waals surface area contributed by atoms with E-state index in [4.69, 9.17) is 9.16 Å². The van der Waals surface area contributed by atoms with E-state index >= 15 is 0 Å². The van der Waals surface area contributed by atoms with Crippen LogP contribution in [0.4, 0.5) is 4.79 Å². The third-order valence-corrected chi connectivity index (χ3v) is 10.9. The minimum atomic E-state index is -1.82. The summed E-state index contributed by atoms with van der Waals surface area (Å²) in [5.41, 5.74) is 1.04. The topological polar surface area (TPSA) is 76.1 Å². The van der Waals surface area contributed by atoms with E-state index in [0.29, 0.717) is 25.9 Å². The van der Waals surface area contributed by atoms with Gasteiger partial charge in [-0.15, -0.1) is 0 Å². The first-order chi connectivity index (χ1) is 13.9. The van der Waals surface area contributed by atoms with Crippen LogP contribution in [0.25, 0.3) is 0 Å². The predicted octanol–water partition coefficient (Wildman–Crippen LogP) is 4.38. The van der Waals surface area contributed by atoms with Crippen molar-refractivity contribution in [2.45, 2.75) is 77.2 Å². The number of amides is 2. The fourth-order valence-corrected chi connectivity index (χ4v) is 4.32. The molecule has 0 spiro atoms. The van der Waals surface area contributed by atoms with Crippen LogP contribution in [0.2, 0.25) is 18.1 Å². The van der Waals surface area contributed by atoms with Crippen molar-refractivity contribution in [2.24, 2.45) is 5.92 Å². The van der Waals surface area contributed by atoms with Crippen molar-refractivity contribution >= 4 is 20.3 Å². The molecule has 30 heavy (non-hydrogen) atoms. The molecule has 0 aliphatic carbocycles. The van der Waals surface area contributed by atoms with E-state index < -0.39 is 26.4 Å². The molecular weight excluding hydrogens is 398 g/mol. The van der Waals surface area contributed by atoms with Crippen LogP contribution in [0, 0.1) is 5.92 Å². The maximum atomic E-state index is 13.0. The summed E-state index contributed by atoms with van der Waals surface area (Å²) in [5.74, 6) is -1.06. The largest absolute Gasteiger partial charge is 0.447 e. The van der Waals surface area contributed by atoms with E-state index in [-0.39, 0.29) is 23.6 Å². The number of carbonyl (C=O) groups excluding carboxylic acids is 2. The predicted molar refractivity (Wildman–Crippen MR) is 120 cm³/mol. The third-order valence-electron chi connectivity index (χ3n) is 6.39. The van der Waals surface area contributed by atoms with E-state index in [0.717, 1.165) is 5.56 Å². The van der Waals surface area contributed by atoms with Gasteiger partial charge in [0, 0.05) is 6.61 Å². The highest BCUT2D eigenvalue weighted by Gasteiger charge is 2.41. The molecule has 168 valence electrons. The summed E-state index contributed by atoms with van der Waals surface area (Å²) in [5, 5.41) is 10.7. The Morgan fingerprint density at radius 2 is 1.93 bits per heavy atom. The second-order valence-electron chi connectivity index (χ2n) is 9.74. The number of aliphatic hydroxyl groups is 1. The van der Waals surface area contributed by atoms with Gasteiger partial charge in [-0.25, -0.2) is 9.69 Å². The second kappa shape index (κ2) is 10.1. The number of ether oxygens (including phenoxy) is 1. The van der Waals surface area contributed by atoms with Gasteiger partial charge in [-0.3, -0.25) is 4.79 Å². The molecule has 2 amide bonds. The number of hydrogen-bond acceptors (Lipinski definition) is 5. The van der Waals surface area contributed by atoms with Gasteiger partial charge in [-0.2, -0.15) is 0 Å². The third kappa shape index (κ3) is 6.15. The SMILES string of the molecule is C[C@H](C(=O)N1C(=O)OC[C@@H]1Cc1ccccc1)[C@H](O)CCCO[Si](C)(C)C(C)(C)C. The van der Waals surface area contributed by atoms with Crippen molar-refractivity contribution in [2.75, 3.05) is 13.2 Å². The molecule has 1 heterocycles. The van der Waals surface area contributed by atoms with E-state index in [9.17, 15) is 14.7 Å². The van der Waals surface area contributed by atoms with Gasteiger partial charge in [0.2, 0.25) is 5.91 Å². The average molecular weight is 436 g/mol. The van der Waals surface area contributed by atoms with Crippen LogP contribution in [0.3, 0.4) is 0 Å². The molecule has 1 aliphatic rings. The number of hydrogen-bond donors (Lipinski definition) is 1. The highest BCUT2D eigenvalue weighted by atomic mass is 28.4. The minimum Gasteiger partial charge on any atom is -0.447 e. The molecule has 1 aromatic rings. The summed E-state index contributed by atoms with van der Waals surface area (Å²) in [4.78, 5) is 26.3. The minimum absolute atomic E-state index is 0.138. The molecule has 0 saturated carbocycles. The van der Waals surface area contributed by atoms with Crippen LogP contribution in [-0.2, 0) is 20.4 Å². The number of nitrogens with zero attached hydrogens (tertiary/aromatic N) is 1. The molecule has 1 saturated heterocycles. The molecule has 0 bridgehead atoms. The first kappa shape index (κ1) is 24.6. The van der Waals surface area contributed by atoms with Crippen LogP contribution in [0.5, 0.6) is 0 Å². The zero-order valence-corrected chi connectivity index (χ0v) is 20.2. The molecule has 0 unspecified atom stereocenters. The first-order valence-electron chi connectivity index (χ1n) is 10.8. The molecular formula is C23H37NO5Si. The zero-order chi connectivity index (χ0) is 22.5. The fraction of sp³-hybridized carbons (Fsp3) is 0.652. The van der Waals surface area contributed by atoms with Crippen molar-refractivity contribution in [1.82, 2.24) is 4.90 Å². The lowest BCUT2D eigenvalue weighted by Gasteiger charge is -2.36. The monoisotopic (exact) mass is 435 g/mol.